The second kappa shape index (κ2) is 3.65. The SMILES string of the molecule is O=C1c2cc(Br)cnc2CN1CCF. The van der Waals surface area contributed by atoms with Gasteiger partial charge in [0.2, 0.25) is 0 Å². The van der Waals surface area contributed by atoms with Crippen molar-refractivity contribution < 1.29 is 9.18 Å². The smallest absolute Gasteiger partial charge is 0.256 e. The molecule has 1 amide bonds. The third-order valence-corrected chi connectivity index (χ3v) is 2.58. The highest BCUT2D eigenvalue weighted by Crippen LogP contribution is 2.23. The Morgan fingerprint density at radius 3 is 3.14 bits per heavy atom. The Morgan fingerprint density at radius 1 is 1.64 bits per heavy atom. The Kier molecular flexibility index (Phi) is 2.50. The summed E-state index contributed by atoms with van der Waals surface area (Å²) in [5.41, 5.74) is 1.31. The summed E-state index contributed by atoms with van der Waals surface area (Å²) in [6, 6.07) is 1.73. The van der Waals surface area contributed by atoms with E-state index in [1.807, 2.05) is 0 Å². The van der Waals surface area contributed by atoms with Gasteiger partial charge in [0.15, 0.2) is 0 Å². The van der Waals surface area contributed by atoms with Gasteiger partial charge >= 0.3 is 0 Å². The first-order chi connectivity index (χ1) is 6.72. The van der Waals surface area contributed by atoms with Gasteiger partial charge < -0.3 is 4.90 Å². The summed E-state index contributed by atoms with van der Waals surface area (Å²) in [5, 5.41) is 0. The van der Waals surface area contributed by atoms with Crippen LogP contribution in [-0.4, -0.2) is 29.0 Å². The first-order valence-corrected chi connectivity index (χ1v) is 5.01. The lowest BCUT2D eigenvalue weighted by Gasteiger charge is -2.11. The number of rotatable bonds is 2. The van der Waals surface area contributed by atoms with Crippen LogP contribution in [0.25, 0.3) is 0 Å². The monoisotopic (exact) mass is 258 g/mol. The number of halogens is 2. The van der Waals surface area contributed by atoms with Gasteiger partial charge in [-0.3, -0.25) is 9.78 Å². The minimum atomic E-state index is -0.513. The molecule has 0 spiro atoms. The van der Waals surface area contributed by atoms with Crippen LogP contribution in [-0.2, 0) is 6.54 Å². The van der Waals surface area contributed by atoms with Crippen LogP contribution in [0.15, 0.2) is 16.7 Å². The Morgan fingerprint density at radius 2 is 2.43 bits per heavy atom. The largest absolute Gasteiger partial charge is 0.330 e. The van der Waals surface area contributed by atoms with Crippen molar-refractivity contribution >= 4 is 21.8 Å². The van der Waals surface area contributed by atoms with Gasteiger partial charge in [-0.2, -0.15) is 0 Å². The first kappa shape index (κ1) is 9.58. The average molecular weight is 259 g/mol. The fourth-order valence-corrected chi connectivity index (χ4v) is 1.82. The summed E-state index contributed by atoms with van der Waals surface area (Å²) in [7, 11) is 0. The fourth-order valence-electron chi connectivity index (χ4n) is 1.48. The van der Waals surface area contributed by atoms with Crippen LogP contribution in [0, 0.1) is 0 Å². The van der Waals surface area contributed by atoms with Gasteiger partial charge in [0.25, 0.3) is 5.91 Å². The van der Waals surface area contributed by atoms with Gasteiger partial charge in [-0.1, -0.05) is 0 Å². The van der Waals surface area contributed by atoms with E-state index in [0.717, 1.165) is 10.2 Å². The van der Waals surface area contributed by atoms with Crippen LogP contribution < -0.4 is 0 Å². The van der Waals surface area contributed by atoms with Crippen molar-refractivity contribution in [1.82, 2.24) is 9.88 Å². The van der Waals surface area contributed by atoms with E-state index in [9.17, 15) is 9.18 Å². The standard InChI is InChI=1S/C9H8BrFN2O/c10-6-3-7-8(12-4-6)5-13(2-1-11)9(7)14/h3-4H,1-2,5H2. The number of carbonyl (C=O) groups excluding carboxylic acids is 1. The van der Waals surface area contributed by atoms with E-state index in [-0.39, 0.29) is 12.5 Å². The molecule has 0 fully saturated rings. The number of nitrogens with zero attached hydrogens (tertiary/aromatic N) is 2. The molecule has 0 N–H and O–H groups in total. The van der Waals surface area contributed by atoms with E-state index < -0.39 is 6.67 Å². The van der Waals surface area contributed by atoms with Gasteiger partial charge in [-0.25, -0.2) is 4.39 Å². The minimum Gasteiger partial charge on any atom is -0.330 e. The van der Waals surface area contributed by atoms with Crippen molar-refractivity contribution in [3.63, 3.8) is 0 Å². The number of hydrogen-bond acceptors (Lipinski definition) is 2. The first-order valence-electron chi connectivity index (χ1n) is 4.22. The molecule has 0 atom stereocenters. The predicted molar refractivity (Wildman–Crippen MR) is 52.7 cm³/mol. The summed E-state index contributed by atoms with van der Waals surface area (Å²) < 4.78 is 12.9. The molecule has 5 heteroatoms. The molecular formula is C9H8BrFN2O. The molecule has 1 aliphatic heterocycles. The van der Waals surface area contributed by atoms with E-state index in [0.29, 0.717) is 12.1 Å². The maximum Gasteiger partial charge on any atom is 0.256 e. The molecule has 14 heavy (non-hydrogen) atoms. The van der Waals surface area contributed by atoms with Crippen LogP contribution in [0.1, 0.15) is 16.1 Å². The minimum absolute atomic E-state index is 0.133. The quantitative estimate of drug-likeness (QED) is 0.810. The second-order valence-corrected chi connectivity index (χ2v) is 3.98. The summed E-state index contributed by atoms with van der Waals surface area (Å²) >= 11 is 3.24. The number of carbonyl (C=O) groups is 1. The maximum absolute atomic E-state index is 12.1. The Balaban J connectivity index is 2.31. The average Bonchev–Trinajstić information content (AvgIpc) is 2.46. The molecule has 2 heterocycles. The van der Waals surface area contributed by atoms with E-state index >= 15 is 0 Å². The third kappa shape index (κ3) is 1.52. The molecule has 2 rings (SSSR count). The van der Waals surface area contributed by atoms with Gasteiger partial charge in [-0.15, -0.1) is 0 Å². The Bertz CT molecular complexity index is 383. The number of fused-ring (bicyclic) bond motifs is 1. The number of aromatic nitrogens is 1. The molecule has 0 unspecified atom stereocenters. The summed E-state index contributed by atoms with van der Waals surface area (Å²) in [6.07, 6.45) is 1.64. The van der Waals surface area contributed by atoms with E-state index in [1.54, 1.807) is 12.3 Å². The molecule has 0 saturated carbocycles. The van der Waals surface area contributed by atoms with Crippen molar-refractivity contribution in [3.05, 3.63) is 28.0 Å². The van der Waals surface area contributed by atoms with E-state index in [1.165, 1.54) is 4.90 Å². The van der Waals surface area contributed by atoms with E-state index in [2.05, 4.69) is 20.9 Å². The molecule has 0 radical (unpaired) electrons. The van der Waals surface area contributed by atoms with Gasteiger partial charge in [0.05, 0.1) is 17.8 Å². The number of hydrogen-bond donors (Lipinski definition) is 0. The highest BCUT2D eigenvalue weighted by molar-refractivity contribution is 9.10. The zero-order valence-electron chi connectivity index (χ0n) is 7.33. The van der Waals surface area contributed by atoms with Crippen molar-refractivity contribution in [2.75, 3.05) is 13.2 Å². The molecule has 74 valence electrons. The van der Waals surface area contributed by atoms with Crippen molar-refractivity contribution in [2.45, 2.75) is 6.54 Å². The normalized spacial score (nSPS) is 14.7. The molecule has 1 aliphatic rings. The van der Waals surface area contributed by atoms with Crippen LogP contribution in [0.2, 0.25) is 0 Å². The molecule has 0 bridgehead atoms. The van der Waals surface area contributed by atoms with Crippen LogP contribution in [0.3, 0.4) is 0 Å². The topological polar surface area (TPSA) is 33.2 Å². The third-order valence-electron chi connectivity index (χ3n) is 2.15. The molecule has 1 aromatic rings. The summed E-state index contributed by atoms with van der Waals surface area (Å²) in [5.74, 6) is -0.133. The maximum atomic E-state index is 12.1. The van der Waals surface area contributed by atoms with E-state index in [4.69, 9.17) is 0 Å². The van der Waals surface area contributed by atoms with Gasteiger partial charge in [0, 0.05) is 17.2 Å². The number of amides is 1. The van der Waals surface area contributed by atoms with Gasteiger partial charge in [0.1, 0.15) is 6.67 Å². The molecule has 0 aromatic carbocycles. The Hall–Kier alpha value is -0.970. The van der Waals surface area contributed by atoms with Crippen molar-refractivity contribution in [2.24, 2.45) is 0 Å². The number of alkyl halides is 1. The zero-order valence-corrected chi connectivity index (χ0v) is 8.92. The summed E-state index contributed by atoms with van der Waals surface area (Å²) in [4.78, 5) is 17.2. The summed E-state index contributed by atoms with van der Waals surface area (Å²) in [6.45, 7) is 0.0546. The van der Waals surface area contributed by atoms with Gasteiger partial charge in [-0.05, 0) is 22.0 Å². The van der Waals surface area contributed by atoms with Crippen LogP contribution >= 0.6 is 15.9 Å². The van der Waals surface area contributed by atoms with Crippen LogP contribution in [0.4, 0.5) is 4.39 Å². The lowest BCUT2D eigenvalue weighted by Crippen LogP contribution is -2.25. The molecule has 0 aliphatic carbocycles. The highest BCUT2D eigenvalue weighted by atomic mass is 79.9. The predicted octanol–water partition coefficient (Wildman–Crippen LogP) is 1.77. The van der Waals surface area contributed by atoms with Crippen molar-refractivity contribution in [3.8, 4) is 0 Å². The molecule has 3 nitrogen and oxygen atoms in total. The number of pyridine rings is 1. The van der Waals surface area contributed by atoms with Crippen LogP contribution in [0.5, 0.6) is 0 Å². The van der Waals surface area contributed by atoms with Crippen molar-refractivity contribution in [1.29, 1.82) is 0 Å². The lowest BCUT2D eigenvalue weighted by molar-refractivity contribution is 0.0767. The molecule has 1 aromatic heterocycles. The second-order valence-electron chi connectivity index (χ2n) is 3.06. The highest BCUT2D eigenvalue weighted by Gasteiger charge is 2.27. The Labute approximate surface area is 89.1 Å². The zero-order chi connectivity index (χ0) is 10.1. The fraction of sp³-hybridized carbons (Fsp3) is 0.333. The molecular weight excluding hydrogens is 251 g/mol. The lowest BCUT2D eigenvalue weighted by atomic mass is 10.2. The molecule has 0 saturated heterocycles.